The van der Waals surface area contributed by atoms with Crippen LogP contribution in [-0.2, 0) is 0 Å². The van der Waals surface area contributed by atoms with E-state index >= 15 is 0 Å². The highest BCUT2D eigenvalue weighted by Crippen LogP contribution is 2.18. The SMILES string of the molecule is O=c1[nH]c2cc(F)cc(F)c2nc1-c1ccccc1. The number of hydrogen-bond acceptors (Lipinski definition) is 2. The number of rotatable bonds is 1. The van der Waals surface area contributed by atoms with Crippen LogP contribution in [0.1, 0.15) is 0 Å². The van der Waals surface area contributed by atoms with E-state index in [2.05, 4.69) is 9.97 Å². The first-order valence-electron chi connectivity index (χ1n) is 5.59. The highest BCUT2D eigenvalue weighted by molar-refractivity contribution is 5.77. The third kappa shape index (κ3) is 1.99. The maximum absolute atomic E-state index is 13.6. The van der Waals surface area contributed by atoms with Crippen LogP contribution in [0.25, 0.3) is 22.3 Å². The molecule has 1 heterocycles. The fourth-order valence-electron chi connectivity index (χ4n) is 1.91. The summed E-state index contributed by atoms with van der Waals surface area (Å²) < 4.78 is 26.7. The number of nitrogens with one attached hydrogen (secondary N) is 1. The summed E-state index contributed by atoms with van der Waals surface area (Å²) in [6.45, 7) is 0. The molecule has 0 spiro atoms. The van der Waals surface area contributed by atoms with Crippen LogP contribution < -0.4 is 5.56 Å². The second-order valence-electron chi connectivity index (χ2n) is 4.06. The smallest absolute Gasteiger partial charge is 0.274 e. The minimum Gasteiger partial charge on any atom is -0.319 e. The first kappa shape index (κ1) is 11.5. The zero-order valence-electron chi connectivity index (χ0n) is 9.65. The fourth-order valence-corrected chi connectivity index (χ4v) is 1.91. The van der Waals surface area contributed by atoms with E-state index in [1.54, 1.807) is 30.3 Å². The number of aromatic amines is 1. The van der Waals surface area contributed by atoms with Crippen LogP contribution >= 0.6 is 0 Å². The van der Waals surface area contributed by atoms with E-state index in [0.29, 0.717) is 5.56 Å². The van der Waals surface area contributed by atoms with Gasteiger partial charge in [0.1, 0.15) is 17.0 Å². The average molecular weight is 258 g/mol. The van der Waals surface area contributed by atoms with Gasteiger partial charge in [-0.05, 0) is 6.07 Å². The van der Waals surface area contributed by atoms with Gasteiger partial charge < -0.3 is 4.98 Å². The van der Waals surface area contributed by atoms with Gasteiger partial charge in [-0.15, -0.1) is 0 Å². The molecule has 0 unspecified atom stereocenters. The van der Waals surface area contributed by atoms with Crippen molar-refractivity contribution in [3.05, 3.63) is 64.5 Å². The van der Waals surface area contributed by atoms with Crippen molar-refractivity contribution >= 4 is 11.0 Å². The molecule has 0 aliphatic heterocycles. The van der Waals surface area contributed by atoms with Crippen LogP contribution in [0.15, 0.2) is 47.3 Å². The molecule has 1 N–H and O–H groups in total. The van der Waals surface area contributed by atoms with Crippen LogP contribution in [0, 0.1) is 11.6 Å². The summed E-state index contributed by atoms with van der Waals surface area (Å²) in [6, 6.07) is 10.5. The molecule has 19 heavy (non-hydrogen) atoms. The summed E-state index contributed by atoms with van der Waals surface area (Å²) in [5, 5.41) is 0. The van der Waals surface area contributed by atoms with Crippen molar-refractivity contribution in [3.8, 4) is 11.3 Å². The number of fused-ring (bicyclic) bond motifs is 1. The first-order chi connectivity index (χ1) is 9.15. The normalized spacial score (nSPS) is 10.8. The van der Waals surface area contributed by atoms with Crippen LogP contribution in [0.5, 0.6) is 0 Å². The maximum atomic E-state index is 13.6. The van der Waals surface area contributed by atoms with Crippen LogP contribution in [0.2, 0.25) is 0 Å². The molecule has 94 valence electrons. The van der Waals surface area contributed by atoms with Crippen molar-refractivity contribution in [2.24, 2.45) is 0 Å². The number of benzene rings is 2. The molecule has 0 saturated carbocycles. The lowest BCUT2D eigenvalue weighted by atomic mass is 10.1. The molecule has 3 nitrogen and oxygen atoms in total. The van der Waals surface area contributed by atoms with Crippen molar-refractivity contribution < 1.29 is 8.78 Å². The standard InChI is InChI=1S/C14H8F2N2O/c15-9-6-10(16)13-11(7-9)17-14(19)12(18-13)8-4-2-1-3-5-8/h1-7H,(H,17,19). The van der Waals surface area contributed by atoms with Crippen molar-refractivity contribution in [1.29, 1.82) is 0 Å². The van der Waals surface area contributed by atoms with Gasteiger partial charge in [0.25, 0.3) is 5.56 Å². The number of nitrogens with zero attached hydrogens (tertiary/aromatic N) is 1. The molecule has 5 heteroatoms. The summed E-state index contributed by atoms with van der Waals surface area (Å²) in [4.78, 5) is 18.3. The van der Waals surface area contributed by atoms with Crippen LogP contribution in [0.3, 0.4) is 0 Å². The Morgan fingerprint density at radius 1 is 1.05 bits per heavy atom. The van der Waals surface area contributed by atoms with Crippen molar-refractivity contribution in [2.45, 2.75) is 0 Å². The molecular weight excluding hydrogens is 250 g/mol. The van der Waals surface area contributed by atoms with E-state index in [9.17, 15) is 13.6 Å². The lowest BCUT2D eigenvalue weighted by Gasteiger charge is -2.03. The Labute approximate surface area is 106 Å². The van der Waals surface area contributed by atoms with E-state index in [0.717, 1.165) is 12.1 Å². The van der Waals surface area contributed by atoms with Gasteiger partial charge in [0.05, 0.1) is 5.52 Å². The number of hydrogen-bond donors (Lipinski definition) is 1. The van der Waals surface area contributed by atoms with Crippen molar-refractivity contribution in [2.75, 3.05) is 0 Å². The molecule has 1 aromatic heterocycles. The van der Waals surface area contributed by atoms with Gasteiger partial charge in [-0.1, -0.05) is 30.3 Å². The summed E-state index contributed by atoms with van der Waals surface area (Å²) in [7, 11) is 0. The summed E-state index contributed by atoms with van der Waals surface area (Å²) in [6.07, 6.45) is 0. The molecule has 0 radical (unpaired) electrons. The minimum absolute atomic E-state index is 0.0437. The number of aromatic nitrogens is 2. The Bertz CT molecular complexity index is 813. The molecule has 0 fully saturated rings. The van der Waals surface area contributed by atoms with E-state index in [1.165, 1.54) is 0 Å². The second-order valence-corrected chi connectivity index (χ2v) is 4.06. The summed E-state index contributed by atoms with van der Waals surface area (Å²) in [5.41, 5.74) is 0.193. The quantitative estimate of drug-likeness (QED) is 0.729. The number of halogens is 2. The molecule has 3 rings (SSSR count). The summed E-state index contributed by atoms with van der Waals surface area (Å²) >= 11 is 0. The van der Waals surface area contributed by atoms with Gasteiger partial charge in [-0.3, -0.25) is 4.79 Å². The van der Waals surface area contributed by atoms with E-state index in [1.807, 2.05) is 0 Å². The second kappa shape index (κ2) is 4.28. The van der Waals surface area contributed by atoms with Gasteiger partial charge >= 0.3 is 0 Å². The Kier molecular flexibility index (Phi) is 2.59. The highest BCUT2D eigenvalue weighted by Gasteiger charge is 2.11. The lowest BCUT2D eigenvalue weighted by molar-refractivity contribution is 0.590. The first-order valence-corrected chi connectivity index (χ1v) is 5.59. The lowest BCUT2D eigenvalue weighted by Crippen LogP contribution is -2.12. The average Bonchev–Trinajstić information content (AvgIpc) is 2.38. The fraction of sp³-hybridized carbons (Fsp3) is 0. The molecule has 0 atom stereocenters. The van der Waals surface area contributed by atoms with Crippen LogP contribution in [-0.4, -0.2) is 9.97 Å². The molecular formula is C14H8F2N2O. The van der Waals surface area contributed by atoms with Gasteiger partial charge in [0.15, 0.2) is 5.82 Å². The zero-order valence-corrected chi connectivity index (χ0v) is 9.65. The molecule has 0 aliphatic rings. The predicted octanol–water partition coefficient (Wildman–Crippen LogP) is 2.87. The topological polar surface area (TPSA) is 45.8 Å². The zero-order chi connectivity index (χ0) is 13.4. The molecule has 0 bridgehead atoms. The van der Waals surface area contributed by atoms with Gasteiger partial charge in [-0.2, -0.15) is 0 Å². The molecule has 0 amide bonds. The Hall–Kier alpha value is -2.56. The number of H-pyrrole nitrogens is 1. The Balaban J connectivity index is 2.34. The van der Waals surface area contributed by atoms with E-state index < -0.39 is 17.2 Å². The molecule has 2 aromatic carbocycles. The molecule has 0 aliphatic carbocycles. The van der Waals surface area contributed by atoms with E-state index in [4.69, 9.17) is 0 Å². The third-order valence-corrected chi connectivity index (χ3v) is 2.76. The van der Waals surface area contributed by atoms with Gasteiger partial charge in [-0.25, -0.2) is 13.8 Å². The minimum atomic E-state index is -0.802. The van der Waals surface area contributed by atoms with E-state index in [-0.39, 0.29) is 16.7 Å². The highest BCUT2D eigenvalue weighted by atomic mass is 19.1. The largest absolute Gasteiger partial charge is 0.319 e. The van der Waals surface area contributed by atoms with Gasteiger partial charge in [0.2, 0.25) is 0 Å². The predicted molar refractivity (Wildman–Crippen MR) is 67.7 cm³/mol. The third-order valence-electron chi connectivity index (χ3n) is 2.76. The van der Waals surface area contributed by atoms with Crippen molar-refractivity contribution in [1.82, 2.24) is 9.97 Å². The molecule has 0 saturated heterocycles. The molecule has 3 aromatic rings. The Morgan fingerprint density at radius 2 is 1.79 bits per heavy atom. The van der Waals surface area contributed by atoms with Crippen molar-refractivity contribution in [3.63, 3.8) is 0 Å². The Morgan fingerprint density at radius 3 is 2.53 bits per heavy atom. The maximum Gasteiger partial charge on any atom is 0.274 e. The van der Waals surface area contributed by atoms with Crippen LogP contribution in [0.4, 0.5) is 8.78 Å². The summed E-state index contributed by atoms with van der Waals surface area (Å²) in [5.74, 6) is -1.56. The monoisotopic (exact) mass is 258 g/mol. The van der Waals surface area contributed by atoms with Gasteiger partial charge in [0, 0.05) is 11.6 Å².